The standard InChI is InChI=1S/C24H31ClN2O4S/c25-23-13-18-11-21(28)10-17(18)12-22(23)24(29)9-16-7-19-1-2-20(8-16)27(19)32(30,31)14-15-3-5-26-6-4-15/h12-13,15-16,19-20,26H,1-11,14H2/t16?,19-,20+. The first kappa shape index (κ1) is 22.5. The van der Waals surface area contributed by atoms with Crippen LogP contribution < -0.4 is 5.32 Å². The van der Waals surface area contributed by atoms with Gasteiger partial charge in [0.2, 0.25) is 10.0 Å². The Balaban J connectivity index is 1.25. The summed E-state index contributed by atoms with van der Waals surface area (Å²) in [6.45, 7) is 1.80. The molecule has 3 aliphatic heterocycles. The number of hydrogen-bond donors (Lipinski definition) is 1. The van der Waals surface area contributed by atoms with Crippen LogP contribution in [0.15, 0.2) is 12.1 Å². The zero-order valence-electron chi connectivity index (χ0n) is 18.3. The highest BCUT2D eigenvalue weighted by Gasteiger charge is 2.47. The lowest BCUT2D eigenvalue weighted by Crippen LogP contribution is -2.49. The largest absolute Gasteiger partial charge is 0.317 e. The molecule has 0 amide bonds. The minimum Gasteiger partial charge on any atom is -0.317 e. The van der Waals surface area contributed by atoms with E-state index in [0.29, 0.717) is 29.8 Å². The summed E-state index contributed by atoms with van der Waals surface area (Å²) in [5.74, 6) is 0.849. The molecule has 1 aliphatic carbocycles. The number of Topliss-reactive ketones (excluding diaryl/α,β-unsaturated/α-hetero) is 2. The maximum absolute atomic E-state index is 13.2. The number of carbonyl (C=O) groups excluding carboxylic acids is 2. The first-order chi connectivity index (χ1) is 15.3. The van der Waals surface area contributed by atoms with Gasteiger partial charge in [0.15, 0.2) is 5.78 Å². The first-order valence-corrected chi connectivity index (χ1v) is 13.9. The number of sulfonamides is 1. The molecule has 1 unspecified atom stereocenters. The maximum atomic E-state index is 13.2. The van der Waals surface area contributed by atoms with Gasteiger partial charge in [-0.1, -0.05) is 11.6 Å². The molecule has 4 aliphatic rings. The fourth-order valence-corrected chi connectivity index (χ4v) is 9.05. The molecule has 174 valence electrons. The smallest absolute Gasteiger partial charge is 0.214 e. The van der Waals surface area contributed by atoms with Gasteiger partial charge in [0, 0.05) is 36.9 Å². The lowest BCUT2D eigenvalue weighted by Gasteiger charge is -2.38. The van der Waals surface area contributed by atoms with E-state index in [4.69, 9.17) is 11.6 Å². The van der Waals surface area contributed by atoms with E-state index in [1.807, 2.05) is 4.31 Å². The summed E-state index contributed by atoms with van der Waals surface area (Å²) in [5, 5.41) is 3.73. The van der Waals surface area contributed by atoms with Crippen LogP contribution in [0, 0.1) is 11.8 Å². The molecule has 0 aromatic heterocycles. The minimum atomic E-state index is -3.27. The Morgan fingerprint density at radius 3 is 2.28 bits per heavy atom. The third kappa shape index (κ3) is 4.41. The van der Waals surface area contributed by atoms with Crippen molar-refractivity contribution in [2.75, 3.05) is 18.8 Å². The average Bonchev–Trinajstić information content (AvgIpc) is 3.24. The van der Waals surface area contributed by atoms with Gasteiger partial charge in [0.25, 0.3) is 0 Å². The fourth-order valence-electron chi connectivity index (χ4n) is 6.36. The third-order valence-electron chi connectivity index (χ3n) is 7.83. The summed E-state index contributed by atoms with van der Waals surface area (Å²) in [4.78, 5) is 24.8. The van der Waals surface area contributed by atoms with Gasteiger partial charge in [0.05, 0.1) is 10.8 Å². The van der Waals surface area contributed by atoms with Gasteiger partial charge in [0.1, 0.15) is 5.78 Å². The van der Waals surface area contributed by atoms with E-state index in [9.17, 15) is 18.0 Å². The number of ketones is 2. The molecule has 1 N–H and O–H groups in total. The minimum absolute atomic E-state index is 0.00700. The summed E-state index contributed by atoms with van der Waals surface area (Å²) in [6.07, 6.45) is 6.29. The predicted molar refractivity (Wildman–Crippen MR) is 124 cm³/mol. The van der Waals surface area contributed by atoms with Crippen molar-refractivity contribution in [3.05, 3.63) is 33.8 Å². The van der Waals surface area contributed by atoms with Crippen LogP contribution in [-0.4, -0.2) is 55.2 Å². The number of fused-ring (bicyclic) bond motifs is 3. The van der Waals surface area contributed by atoms with Crippen molar-refractivity contribution in [2.45, 2.75) is 69.9 Å². The van der Waals surface area contributed by atoms with Crippen LogP contribution in [0.5, 0.6) is 0 Å². The van der Waals surface area contributed by atoms with Crippen LogP contribution in [0.4, 0.5) is 0 Å². The zero-order chi connectivity index (χ0) is 22.5. The number of piperidine rings is 2. The molecule has 1 aromatic rings. The topological polar surface area (TPSA) is 83.6 Å². The van der Waals surface area contributed by atoms with Crippen molar-refractivity contribution in [3.8, 4) is 0 Å². The molecule has 3 heterocycles. The Morgan fingerprint density at radius 2 is 1.62 bits per heavy atom. The Bertz CT molecular complexity index is 1020. The van der Waals surface area contributed by atoms with Crippen LogP contribution in [0.25, 0.3) is 0 Å². The number of rotatable bonds is 6. The van der Waals surface area contributed by atoms with Gasteiger partial charge in [-0.3, -0.25) is 9.59 Å². The molecule has 3 atom stereocenters. The highest BCUT2D eigenvalue weighted by Crippen LogP contribution is 2.43. The normalized spacial score (nSPS) is 28.8. The second-order valence-corrected chi connectivity index (χ2v) is 12.5. The molecule has 8 heteroatoms. The number of hydrogen-bond acceptors (Lipinski definition) is 5. The molecule has 5 rings (SSSR count). The van der Waals surface area contributed by atoms with E-state index < -0.39 is 10.0 Å². The van der Waals surface area contributed by atoms with E-state index >= 15 is 0 Å². The van der Waals surface area contributed by atoms with E-state index in [0.717, 1.165) is 62.7 Å². The Kier molecular flexibility index (Phi) is 6.20. The fraction of sp³-hybridized carbons (Fsp3) is 0.667. The molecule has 32 heavy (non-hydrogen) atoms. The van der Waals surface area contributed by atoms with E-state index in [1.54, 1.807) is 12.1 Å². The van der Waals surface area contributed by atoms with Crippen LogP contribution in [-0.2, 0) is 27.7 Å². The molecule has 0 radical (unpaired) electrons. The van der Waals surface area contributed by atoms with E-state index in [2.05, 4.69) is 5.32 Å². The number of carbonyl (C=O) groups is 2. The number of nitrogens with one attached hydrogen (secondary N) is 1. The second-order valence-electron chi connectivity index (χ2n) is 10.1. The Labute approximate surface area is 195 Å². The summed E-state index contributed by atoms with van der Waals surface area (Å²) in [6, 6.07) is 3.62. The van der Waals surface area contributed by atoms with Crippen molar-refractivity contribution < 1.29 is 18.0 Å². The van der Waals surface area contributed by atoms with Crippen LogP contribution in [0.1, 0.15) is 66.4 Å². The zero-order valence-corrected chi connectivity index (χ0v) is 19.9. The van der Waals surface area contributed by atoms with Crippen molar-refractivity contribution in [1.82, 2.24) is 9.62 Å². The molecule has 0 saturated carbocycles. The Morgan fingerprint density at radius 1 is 1.00 bits per heavy atom. The number of halogens is 1. The Hall–Kier alpha value is -1.28. The summed E-state index contributed by atoms with van der Waals surface area (Å²) in [5.41, 5.74) is 2.36. The molecule has 2 bridgehead atoms. The van der Waals surface area contributed by atoms with Crippen molar-refractivity contribution in [1.29, 1.82) is 0 Å². The predicted octanol–water partition coefficient (Wildman–Crippen LogP) is 3.15. The lowest BCUT2D eigenvalue weighted by molar-refractivity contribution is -0.117. The highest BCUT2D eigenvalue weighted by atomic mass is 35.5. The summed E-state index contributed by atoms with van der Waals surface area (Å²) < 4.78 is 28.3. The second kappa shape index (κ2) is 8.82. The van der Waals surface area contributed by atoms with Crippen LogP contribution in [0.2, 0.25) is 5.02 Å². The quantitative estimate of drug-likeness (QED) is 0.635. The van der Waals surface area contributed by atoms with Gasteiger partial charge in [-0.15, -0.1) is 0 Å². The molecular formula is C24H31ClN2O4S. The van der Waals surface area contributed by atoms with Gasteiger partial charge < -0.3 is 5.32 Å². The average molecular weight is 479 g/mol. The van der Waals surface area contributed by atoms with Crippen molar-refractivity contribution in [2.24, 2.45) is 11.8 Å². The van der Waals surface area contributed by atoms with Gasteiger partial charge >= 0.3 is 0 Å². The van der Waals surface area contributed by atoms with Crippen LogP contribution >= 0.6 is 11.6 Å². The van der Waals surface area contributed by atoms with Crippen LogP contribution in [0.3, 0.4) is 0 Å². The van der Waals surface area contributed by atoms with Crippen molar-refractivity contribution in [3.63, 3.8) is 0 Å². The summed E-state index contributed by atoms with van der Waals surface area (Å²) >= 11 is 6.39. The van der Waals surface area contributed by atoms with Crippen molar-refractivity contribution >= 4 is 33.2 Å². The molecule has 0 spiro atoms. The monoisotopic (exact) mass is 478 g/mol. The summed E-state index contributed by atoms with van der Waals surface area (Å²) in [7, 11) is -3.27. The molecular weight excluding hydrogens is 448 g/mol. The third-order valence-corrected chi connectivity index (χ3v) is 10.3. The molecule has 6 nitrogen and oxygen atoms in total. The van der Waals surface area contributed by atoms with Gasteiger partial charge in [-0.25, -0.2) is 8.42 Å². The van der Waals surface area contributed by atoms with Gasteiger partial charge in [-0.2, -0.15) is 4.31 Å². The maximum Gasteiger partial charge on any atom is 0.214 e. The molecule has 3 saturated heterocycles. The van der Waals surface area contributed by atoms with Gasteiger partial charge in [-0.05, 0) is 86.7 Å². The SMILES string of the molecule is O=C1Cc2cc(Cl)c(C(=O)CC3C[C@H]4CC[C@@H](C3)N4S(=O)(=O)CC3CCNCC3)cc2C1. The first-order valence-electron chi connectivity index (χ1n) is 11.9. The number of benzene rings is 1. The van der Waals surface area contributed by atoms with E-state index in [-0.39, 0.29) is 41.2 Å². The van der Waals surface area contributed by atoms with E-state index in [1.165, 1.54) is 0 Å². The lowest BCUT2D eigenvalue weighted by atomic mass is 9.86. The highest BCUT2D eigenvalue weighted by molar-refractivity contribution is 7.89. The number of nitrogens with zero attached hydrogens (tertiary/aromatic N) is 1. The molecule has 3 fully saturated rings. The molecule has 1 aromatic carbocycles.